The summed E-state index contributed by atoms with van der Waals surface area (Å²) in [6.45, 7) is 14.5. The predicted octanol–water partition coefficient (Wildman–Crippen LogP) is 8.76. The van der Waals surface area contributed by atoms with Gasteiger partial charge in [-0.25, -0.2) is 9.13 Å². The van der Waals surface area contributed by atoms with Crippen LogP contribution in [0.15, 0.2) is 37.4 Å². The molecule has 2 fully saturated rings. The second kappa shape index (κ2) is 65.8. The van der Waals surface area contributed by atoms with Crippen LogP contribution in [0.25, 0.3) is 0 Å². The van der Waals surface area contributed by atoms with Crippen molar-refractivity contribution in [3.8, 4) is 0 Å². The third-order valence-electron chi connectivity index (χ3n) is 19.1. The van der Waals surface area contributed by atoms with Gasteiger partial charge in [0.1, 0.15) is 50.1 Å². The largest absolute Gasteiger partial charge is 1.00 e. The molecule has 107 heavy (non-hydrogen) atoms. The number of imidazole rings is 2. The first kappa shape index (κ1) is 99.3. The van der Waals surface area contributed by atoms with Crippen LogP contribution in [-0.2, 0) is 79.7 Å². The van der Waals surface area contributed by atoms with Gasteiger partial charge in [0.2, 0.25) is 12.7 Å². The molecule has 0 aromatic carbocycles. The third kappa shape index (κ3) is 46.1. The highest BCUT2D eigenvalue weighted by Gasteiger charge is 2.57. The summed E-state index contributed by atoms with van der Waals surface area (Å²) in [5, 5.41) is 14.2. The smallest absolute Gasteiger partial charge is 0.306 e. The summed E-state index contributed by atoms with van der Waals surface area (Å²) >= 11 is 14.4. The lowest BCUT2D eigenvalue weighted by Crippen LogP contribution is -3.00. The van der Waals surface area contributed by atoms with E-state index in [0.717, 1.165) is 193 Å². The minimum absolute atomic E-state index is 0. The number of thioether (sulfide) groups is 2. The predicted molar refractivity (Wildman–Crippen MR) is 425 cm³/mol. The van der Waals surface area contributed by atoms with Crippen LogP contribution >= 0.6 is 48.0 Å². The number of unbranched alkanes of at least 4 members (excludes halogenated alkanes) is 30. The van der Waals surface area contributed by atoms with Gasteiger partial charge in [-0.05, 0) is 56.5 Å². The first-order valence-corrected chi connectivity index (χ1v) is 44.2. The van der Waals surface area contributed by atoms with Gasteiger partial charge in [0, 0.05) is 75.3 Å². The number of aromatic amines is 2. The van der Waals surface area contributed by atoms with E-state index in [0.29, 0.717) is 93.1 Å². The molecule has 4 heterocycles. The Morgan fingerprint density at radius 2 is 0.664 bits per heavy atom. The number of carbonyl (C=O) groups is 5. The molecule has 0 amide bonds. The van der Waals surface area contributed by atoms with E-state index in [-0.39, 0.29) is 68.4 Å². The Kier molecular flexibility index (Phi) is 61.1. The summed E-state index contributed by atoms with van der Waals surface area (Å²) in [6, 6.07) is 0. The van der Waals surface area contributed by atoms with E-state index in [9.17, 15) is 24.0 Å². The van der Waals surface area contributed by atoms with Gasteiger partial charge in [-0.15, -0.1) is 0 Å². The van der Waals surface area contributed by atoms with Gasteiger partial charge in [-0.1, -0.05) is 227 Å². The van der Waals surface area contributed by atoms with Crippen LogP contribution in [0, 0.1) is 0 Å². The summed E-state index contributed by atoms with van der Waals surface area (Å²) in [4.78, 5) is 79.3. The van der Waals surface area contributed by atoms with Crippen molar-refractivity contribution in [2.75, 3.05) is 56.3 Å². The van der Waals surface area contributed by atoms with E-state index < -0.39 is 91.3 Å². The zero-order valence-corrected chi connectivity index (χ0v) is 70.9. The first-order valence-electron chi connectivity index (χ1n) is 41.0. The summed E-state index contributed by atoms with van der Waals surface area (Å²) in [7, 11) is 1.47. The lowest BCUT2D eigenvalue weighted by atomic mass is 9.96. The number of rotatable bonds is 64. The molecule has 2 aliphatic heterocycles. The van der Waals surface area contributed by atoms with Crippen molar-refractivity contribution in [3.05, 3.63) is 37.4 Å². The number of nitrogens with one attached hydrogen (secondary N) is 6. The molecule has 6 N–H and O–H groups in total. The van der Waals surface area contributed by atoms with Gasteiger partial charge in [0.05, 0.1) is 19.2 Å². The van der Waals surface area contributed by atoms with Gasteiger partial charge in [-0.3, -0.25) is 33.9 Å². The molecule has 2 saturated heterocycles. The molecule has 2 aliphatic rings. The van der Waals surface area contributed by atoms with E-state index >= 15 is 0 Å². The SMILES string of the molecule is CCCCCCCCCC(=O)OC1[C@@H](O[C@@H]2C(CSCCNC(=S)NCCn3cc[nH+]c3)O[C@@H](OC)C(OC(=O)CCCCCCCCC)[C@H]2OC(=O)CCCCCCCCC)OC(CSCCNC(=S)NCCn2cc[nH+]c2)[C@@H](OC(=O)CCCCCCCCC)[C@@H]1OC(=O)CCCCCCCCC.[Cl-].[Cl-]. The molecule has 0 aliphatic carbocycles. The molecule has 2 aromatic rings. The first-order chi connectivity index (χ1) is 51.3. The molecule has 22 nitrogen and oxygen atoms in total. The van der Waals surface area contributed by atoms with Crippen molar-refractivity contribution in [2.24, 2.45) is 0 Å². The fourth-order valence-corrected chi connectivity index (χ4v) is 15.2. The van der Waals surface area contributed by atoms with Crippen LogP contribution in [0.4, 0.5) is 0 Å². The number of halogens is 2. The lowest BCUT2D eigenvalue weighted by molar-refractivity contribution is -0.377. The van der Waals surface area contributed by atoms with Gasteiger partial charge in [0.15, 0.2) is 53.3 Å². The summed E-state index contributed by atoms with van der Waals surface area (Å²) in [6.07, 6.45) is 32.9. The van der Waals surface area contributed by atoms with Crippen LogP contribution in [0.5, 0.6) is 0 Å². The van der Waals surface area contributed by atoms with Gasteiger partial charge in [0.25, 0.3) is 0 Å². The van der Waals surface area contributed by atoms with Crippen molar-refractivity contribution in [1.82, 2.24) is 30.4 Å². The fourth-order valence-electron chi connectivity index (χ4n) is 13.0. The van der Waals surface area contributed by atoms with Crippen molar-refractivity contribution in [2.45, 2.75) is 366 Å². The quantitative estimate of drug-likeness (QED) is 0.0209. The highest BCUT2D eigenvalue weighted by molar-refractivity contribution is 7.99. The number of H-pyrrole nitrogens is 2. The Morgan fingerprint density at radius 3 is 0.991 bits per heavy atom. The van der Waals surface area contributed by atoms with Crippen LogP contribution in [0.1, 0.15) is 291 Å². The van der Waals surface area contributed by atoms with Crippen LogP contribution in [0.3, 0.4) is 0 Å². The molecule has 28 heteroatoms. The topological polar surface area (TPSA) is 255 Å². The Bertz CT molecular complexity index is 2560. The van der Waals surface area contributed by atoms with E-state index in [1.54, 1.807) is 0 Å². The van der Waals surface area contributed by atoms with Crippen molar-refractivity contribution >= 4 is 88.0 Å². The number of ether oxygens (including phenoxy) is 9. The molecule has 0 bridgehead atoms. The van der Waals surface area contributed by atoms with E-state index in [1.807, 2.05) is 46.6 Å². The zero-order valence-electron chi connectivity index (χ0n) is 66.1. The molecule has 10 atom stereocenters. The van der Waals surface area contributed by atoms with Crippen LogP contribution in [0.2, 0.25) is 0 Å². The average Bonchev–Trinajstić information content (AvgIpc) is 1.01. The number of carbonyl (C=O) groups excluding carboxylic acids is 5. The minimum atomic E-state index is -1.57. The standard InChI is InChI=1S/C79H138N8O14S4.2ClH/c1-7-12-17-22-27-32-37-42-65(88)96-70-63(59-104-57-51-84-78(102)82-49-55-86-53-47-80-61-86)95-77(75(100-69(92)46-41-36-31-26-21-16-11-5)72(70)97-66(89)43-38-33-28-23-18-13-8-2)101-71-64(60-105-58-52-85-79(103)83-50-56-87-54-48-81-62-87)94-76(93-6)74(99-68(91)45-40-35-30-25-20-15-10-4)73(71)98-67(90)44-39-34-29-24-19-14-9-3;;/h47-48,53-54,61-64,70-77H,7-46,49-52,55-60H2,1-6H3,(H2,82,84,102)(H2,83,85,103);2*1H/t63?,64?,70-,71-,72+,73+,74?,75?,76-,77-;;/m1../s1. The normalized spacial score (nSPS) is 19.7. The van der Waals surface area contributed by atoms with Gasteiger partial charge >= 0.3 is 29.8 Å². The Morgan fingerprint density at radius 1 is 0.383 bits per heavy atom. The molecule has 2 aromatic heterocycles. The third-order valence-corrected chi connectivity index (χ3v) is 21.8. The lowest BCUT2D eigenvalue weighted by Gasteiger charge is -2.49. The Balaban J connectivity index is 0.0000194. The molecule has 4 unspecified atom stereocenters. The highest BCUT2D eigenvalue weighted by atomic mass is 35.5. The molecular formula is C79H140Cl2N8O14S4. The second-order valence-electron chi connectivity index (χ2n) is 28.3. The Hall–Kier alpha value is -3.73. The number of hydrogen-bond acceptors (Lipinski definition) is 18. The minimum Gasteiger partial charge on any atom is -1.00 e. The van der Waals surface area contributed by atoms with Gasteiger partial charge in [-0.2, -0.15) is 23.5 Å². The fraction of sp³-hybridized carbons (Fsp3) is 0.835. The second-order valence-corrected chi connectivity index (χ2v) is 31.4. The Labute approximate surface area is 675 Å². The maximum Gasteiger partial charge on any atom is 0.306 e. The van der Waals surface area contributed by atoms with E-state index in [4.69, 9.17) is 67.1 Å². The van der Waals surface area contributed by atoms with Gasteiger partial charge < -0.3 is 88.7 Å². The molecule has 618 valence electrons. The maximum absolute atomic E-state index is 14.8. The monoisotopic (exact) mass is 1620 g/mol. The molecule has 4 rings (SSSR count). The average molecular weight is 1630 g/mol. The molecule has 0 spiro atoms. The number of esters is 5. The number of aromatic nitrogens is 4. The zero-order chi connectivity index (χ0) is 75.6. The number of thiocarbonyl (C=S) groups is 2. The van der Waals surface area contributed by atoms with E-state index in [1.165, 1.54) is 30.6 Å². The van der Waals surface area contributed by atoms with E-state index in [2.05, 4.69) is 65.9 Å². The van der Waals surface area contributed by atoms with Crippen molar-refractivity contribution in [1.29, 1.82) is 0 Å². The highest BCUT2D eigenvalue weighted by Crippen LogP contribution is 2.38. The summed E-state index contributed by atoms with van der Waals surface area (Å²) in [5.74, 6) is -1.16. The molecule has 0 radical (unpaired) electrons. The number of nitrogens with zero attached hydrogens (tertiary/aromatic N) is 2. The number of methoxy groups -OCH3 is 1. The maximum atomic E-state index is 14.8. The summed E-state index contributed by atoms with van der Waals surface area (Å²) in [5.41, 5.74) is 0. The van der Waals surface area contributed by atoms with Crippen LogP contribution in [-0.4, -0.2) is 167 Å². The van der Waals surface area contributed by atoms with Crippen molar-refractivity contribution < 1.29 is 101 Å². The van der Waals surface area contributed by atoms with Crippen LogP contribution < -0.4 is 56.0 Å². The summed E-state index contributed by atoms with van der Waals surface area (Å²) < 4.78 is 64.9. The molecule has 0 saturated carbocycles. The van der Waals surface area contributed by atoms with Crippen molar-refractivity contribution in [3.63, 3.8) is 0 Å². The number of hydrogen-bond donors (Lipinski definition) is 4. The molecular weight excluding hydrogens is 1480 g/mol.